The van der Waals surface area contributed by atoms with Crippen LogP contribution >= 0.6 is 0 Å². The third-order valence-corrected chi connectivity index (χ3v) is 3.75. The fraction of sp³-hybridized carbons (Fsp3) is 0.385. The number of aromatic nitrogens is 4. The molecule has 1 amide bonds. The van der Waals surface area contributed by atoms with Gasteiger partial charge in [0.15, 0.2) is 17.5 Å². The lowest BCUT2D eigenvalue weighted by Crippen LogP contribution is -2.34. The molecule has 0 radical (unpaired) electrons. The summed E-state index contributed by atoms with van der Waals surface area (Å²) in [6.45, 7) is 5.93. The van der Waals surface area contributed by atoms with E-state index in [1.807, 2.05) is 13.8 Å². The lowest BCUT2D eigenvalue weighted by atomic mass is 10.0. The van der Waals surface area contributed by atoms with Crippen LogP contribution in [0.4, 0.5) is 16.0 Å². The van der Waals surface area contributed by atoms with Gasteiger partial charge in [-0.05, 0) is 20.8 Å². The maximum atomic E-state index is 13.7. The molecule has 110 valence electrons. The van der Waals surface area contributed by atoms with E-state index in [1.165, 1.54) is 0 Å². The number of nitrogens with zero attached hydrogens (tertiary/aromatic N) is 4. The number of H-pyrrole nitrogens is 1. The van der Waals surface area contributed by atoms with E-state index in [9.17, 15) is 9.18 Å². The summed E-state index contributed by atoms with van der Waals surface area (Å²) in [5, 5.41) is 9.94. The molecule has 0 bridgehead atoms. The Kier molecular flexibility index (Phi) is 2.89. The first-order valence-corrected chi connectivity index (χ1v) is 6.49. The molecule has 2 aromatic heterocycles. The second-order valence-corrected chi connectivity index (χ2v) is 5.46. The van der Waals surface area contributed by atoms with E-state index in [1.54, 1.807) is 11.8 Å². The molecule has 7 nitrogen and oxygen atoms in total. The fourth-order valence-corrected chi connectivity index (χ4v) is 2.46. The molecule has 21 heavy (non-hydrogen) atoms. The van der Waals surface area contributed by atoms with Gasteiger partial charge in [-0.15, -0.1) is 0 Å². The van der Waals surface area contributed by atoms with Gasteiger partial charge in [-0.25, -0.2) is 14.4 Å². The topological polar surface area (TPSA) is 86.8 Å². The normalized spacial score (nSPS) is 15.9. The Bertz CT molecular complexity index is 711. The number of nitrogens with one attached hydrogen (secondary N) is 2. The second kappa shape index (κ2) is 4.51. The number of rotatable bonds is 3. The monoisotopic (exact) mass is 290 g/mol. The van der Waals surface area contributed by atoms with E-state index >= 15 is 0 Å². The predicted octanol–water partition coefficient (Wildman–Crippen LogP) is 1.60. The number of aryl methyl sites for hydroxylation is 1. The van der Waals surface area contributed by atoms with Crippen molar-refractivity contribution >= 4 is 18.0 Å². The van der Waals surface area contributed by atoms with E-state index in [2.05, 4.69) is 25.5 Å². The van der Waals surface area contributed by atoms with Crippen molar-refractivity contribution in [1.82, 2.24) is 25.1 Å². The number of hydrogen-bond donors (Lipinski definition) is 2. The molecule has 0 unspecified atom stereocenters. The quantitative estimate of drug-likeness (QED) is 0.838. The minimum Gasteiger partial charge on any atom is -0.330 e. The molecule has 2 aromatic rings. The number of aromatic amines is 1. The first-order valence-electron chi connectivity index (χ1n) is 6.49. The van der Waals surface area contributed by atoms with Crippen LogP contribution in [0.3, 0.4) is 0 Å². The minimum absolute atomic E-state index is 0.0687. The molecule has 0 fully saturated rings. The van der Waals surface area contributed by atoms with Crippen LogP contribution in [0, 0.1) is 12.7 Å². The predicted molar refractivity (Wildman–Crippen MR) is 73.2 cm³/mol. The minimum atomic E-state index is -0.554. The number of amides is 1. The zero-order valence-corrected chi connectivity index (χ0v) is 11.9. The van der Waals surface area contributed by atoms with E-state index in [-0.39, 0.29) is 5.82 Å². The zero-order valence-electron chi connectivity index (χ0n) is 11.9. The molecular weight excluding hydrogens is 275 g/mol. The van der Waals surface area contributed by atoms with Gasteiger partial charge < -0.3 is 10.2 Å². The zero-order chi connectivity index (χ0) is 15.2. The second-order valence-electron chi connectivity index (χ2n) is 5.46. The Balaban J connectivity index is 1.97. The van der Waals surface area contributed by atoms with Crippen LogP contribution in [0.2, 0.25) is 0 Å². The van der Waals surface area contributed by atoms with Crippen molar-refractivity contribution in [2.24, 2.45) is 0 Å². The Morgan fingerprint density at radius 1 is 1.48 bits per heavy atom. The van der Waals surface area contributed by atoms with Crippen molar-refractivity contribution in [1.29, 1.82) is 0 Å². The fourth-order valence-electron chi connectivity index (χ4n) is 2.46. The van der Waals surface area contributed by atoms with Crippen LogP contribution in [-0.4, -0.2) is 31.5 Å². The van der Waals surface area contributed by atoms with Crippen molar-refractivity contribution in [3.63, 3.8) is 0 Å². The van der Waals surface area contributed by atoms with Crippen LogP contribution in [0.15, 0.2) is 6.20 Å². The molecule has 2 N–H and O–H groups in total. The van der Waals surface area contributed by atoms with Gasteiger partial charge >= 0.3 is 0 Å². The summed E-state index contributed by atoms with van der Waals surface area (Å²) >= 11 is 0. The average Bonchev–Trinajstić information content (AvgIpc) is 2.93. The Hall–Kier alpha value is -2.51. The molecule has 0 spiro atoms. The van der Waals surface area contributed by atoms with E-state index in [4.69, 9.17) is 0 Å². The average molecular weight is 290 g/mol. The number of fused-ring (bicyclic) bond motifs is 1. The summed E-state index contributed by atoms with van der Waals surface area (Å²) in [5.41, 5.74) is 1.20. The molecule has 0 aromatic carbocycles. The van der Waals surface area contributed by atoms with Crippen LogP contribution in [0.1, 0.15) is 30.9 Å². The number of carbonyl (C=O) groups excluding carboxylic acids is 1. The lowest BCUT2D eigenvalue weighted by Gasteiger charge is -2.27. The first kappa shape index (κ1) is 13.5. The molecule has 1 aliphatic rings. The highest BCUT2D eigenvalue weighted by Gasteiger charge is 2.40. The van der Waals surface area contributed by atoms with Crippen molar-refractivity contribution in [3.8, 4) is 0 Å². The highest BCUT2D eigenvalue weighted by atomic mass is 19.1. The highest BCUT2D eigenvalue weighted by Crippen LogP contribution is 2.39. The summed E-state index contributed by atoms with van der Waals surface area (Å²) in [7, 11) is 0. The van der Waals surface area contributed by atoms with Gasteiger partial charge in [0.1, 0.15) is 5.82 Å². The van der Waals surface area contributed by atoms with Crippen molar-refractivity contribution in [3.05, 3.63) is 29.1 Å². The standard InChI is InChI=1S/C13H15FN6O/c1-7-15-4-9(14)12(16-7)17-11-8-5-20(6-21)13(2,3)10(8)18-19-11/h4,6H,5H2,1-3H3,(H2,15,16,17,18,19). The van der Waals surface area contributed by atoms with Gasteiger partial charge in [-0.2, -0.15) is 5.10 Å². The van der Waals surface area contributed by atoms with Crippen LogP contribution in [-0.2, 0) is 16.9 Å². The largest absolute Gasteiger partial charge is 0.330 e. The number of carbonyl (C=O) groups is 1. The summed E-state index contributed by atoms with van der Waals surface area (Å²) in [5.74, 6) is 0.446. The Morgan fingerprint density at radius 2 is 2.24 bits per heavy atom. The summed E-state index contributed by atoms with van der Waals surface area (Å²) < 4.78 is 13.7. The third kappa shape index (κ3) is 2.03. The molecule has 3 heterocycles. The molecular formula is C13H15FN6O. The van der Waals surface area contributed by atoms with Gasteiger partial charge in [-0.3, -0.25) is 9.89 Å². The van der Waals surface area contributed by atoms with Crippen molar-refractivity contribution in [2.45, 2.75) is 32.9 Å². The maximum absolute atomic E-state index is 13.7. The lowest BCUT2D eigenvalue weighted by molar-refractivity contribution is -0.122. The smallest absolute Gasteiger partial charge is 0.210 e. The summed E-state index contributed by atoms with van der Waals surface area (Å²) in [6.07, 6.45) is 1.91. The SMILES string of the molecule is Cc1ncc(F)c(Nc2n[nH]c3c2CN(C=O)C3(C)C)n1. The molecule has 3 rings (SSSR count). The van der Waals surface area contributed by atoms with Gasteiger partial charge in [0.05, 0.1) is 24.0 Å². The molecule has 1 aliphatic heterocycles. The number of halogens is 1. The molecule has 8 heteroatoms. The van der Waals surface area contributed by atoms with Gasteiger partial charge in [-0.1, -0.05) is 0 Å². The molecule has 0 saturated heterocycles. The van der Waals surface area contributed by atoms with Gasteiger partial charge in [0, 0.05) is 5.56 Å². The van der Waals surface area contributed by atoms with E-state index in [0.29, 0.717) is 18.2 Å². The van der Waals surface area contributed by atoms with Crippen LogP contribution < -0.4 is 5.32 Å². The van der Waals surface area contributed by atoms with Crippen LogP contribution in [0.5, 0.6) is 0 Å². The summed E-state index contributed by atoms with van der Waals surface area (Å²) in [4.78, 5) is 20.6. The molecule has 0 atom stereocenters. The number of anilines is 2. The van der Waals surface area contributed by atoms with Gasteiger partial charge in [0.25, 0.3) is 0 Å². The summed E-state index contributed by atoms with van der Waals surface area (Å²) in [6, 6.07) is 0. The van der Waals surface area contributed by atoms with Crippen LogP contribution in [0.25, 0.3) is 0 Å². The maximum Gasteiger partial charge on any atom is 0.210 e. The molecule has 0 saturated carbocycles. The highest BCUT2D eigenvalue weighted by molar-refractivity contribution is 5.63. The van der Waals surface area contributed by atoms with E-state index < -0.39 is 11.4 Å². The van der Waals surface area contributed by atoms with Crippen molar-refractivity contribution in [2.75, 3.05) is 5.32 Å². The van der Waals surface area contributed by atoms with Crippen molar-refractivity contribution < 1.29 is 9.18 Å². The first-order chi connectivity index (χ1) is 9.93. The Morgan fingerprint density at radius 3 is 2.95 bits per heavy atom. The van der Waals surface area contributed by atoms with Gasteiger partial charge in [0.2, 0.25) is 6.41 Å². The number of hydrogen-bond acceptors (Lipinski definition) is 5. The Labute approximate surface area is 120 Å². The van der Waals surface area contributed by atoms with E-state index in [0.717, 1.165) is 23.9 Å². The molecule has 0 aliphatic carbocycles. The third-order valence-electron chi connectivity index (χ3n) is 3.75.